The second-order valence-corrected chi connectivity index (χ2v) is 12.8. The number of carbonyl (C=O) groups excluding carboxylic acids is 1. The lowest BCUT2D eigenvalue weighted by molar-refractivity contribution is -0.890. The highest BCUT2D eigenvalue weighted by Gasteiger charge is 2.29. The number of hydrogen-bond acceptors (Lipinski definition) is 6. The van der Waals surface area contributed by atoms with Gasteiger partial charge < -0.3 is 19.6 Å². The average molecular weight is 537 g/mol. The van der Waals surface area contributed by atoms with Crippen molar-refractivity contribution in [1.29, 1.82) is 0 Å². The zero-order valence-corrected chi connectivity index (χ0v) is 23.6. The molecule has 198 valence electrons. The zero-order chi connectivity index (χ0) is 26.7. The van der Waals surface area contributed by atoms with Gasteiger partial charge in [-0.3, -0.25) is 9.45 Å². The van der Waals surface area contributed by atoms with Crippen LogP contribution in [-0.2, 0) is 10.1 Å². The van der Waals surface area contributed by atoms with Crippen LogP contribution in [0.25, 0.3) is 0 Å². The number of urea groups is 1. The fourth-order valence-corrected chi connectivity index (χ4v) is 5.75. The van der Waals surface area contributed by atoms with Gasteiger partial charge in [0.25, 0.3) is 10.1 Å². The summed E-state index contributed by atoms with van der Waals surface area (Å²) in [6, 6.07) is 12.1. The third-order valence-corrected chi connectivity index (χ3v) is 8.10. The highest BCUT2D eigenvalue weighted by atomic mass is 32.2. The molecule has 9 nitrogen and oxygen atoms in total. The fraction of sp³-hybridized carbons (Fsp3) is 0.480. The van der Waals surface area contributed by atoms with E-state index in [2.05, 4.69) is 17.4 Å². The quantitative estimate of drug-likeness (QED) is 0.270. The number of nitrogens with one attached hydrogen (secondary N) is 1. The van der Waals surface area contributed by atoms with Gasteiger partial charge in [-0.25, -0.2) is 4.79 Å². The van der Waals surface area contributed by atoms with Crippen LogP contribution in [-0.4, -0.2) is 91.2 Å². The molecule has 0 atom stereocenters. The van der Waals surface area contributed by atoms with E-state index in [-0.39, 0.29) is 11.8 Å². The topological polar surface area (TPSA) is 93.2 Å². The smallest absolute Gasteiger partial charge is 0.326 e. The van der Waals surface area contributed by atoms with Crippen LogP contribution in [0.5, 0.6) is 0 Å². The van der Waals surface area contributed by atoms with Crippen LogP contribution >= 0.6 is 11.8 Å². The van der Waals surface area contributed by atoms with Crippen molar-refractivity contribution in [2.75, 3.05) is 82.4 Å². The molecule has 0 bridgehead atoms. The van der Waals surface area contributed by atoms with E-state index < -0.39 is 10.1 Å². The fourth-order valence-electron chi connectivity index (χ4n) is 4.13. The molecule has 0 spiro atoms. The first-order valence-corrected chi connectivity index (χ1v) is 14.4. The third-order valence-electron chi connectivity index (χ3n) is 6.21. The average Bonchev–Trinajstić information content (AvgIpc) is 2.78. The molecular formula is C25H38N5O4S2+. The molecule has 1 heterocycles. The monoisotopic (exact) mass is 536 g/mol. The van der Waals surface area contributed by atoms with Crippen molar-refractivity contribution in [2.45, 2.75) is 22.6 Å². The second-order valence-electron chi connectivity index (χ2n) is 10.1. The van der Waals surface area contributed by atoms with Crippen LogP contribution in [0.3, 0.4) is 0 Å². The molecule has 1 aliphatic rings. The van der Waals surface area contributed by atoms with Crippen LogP contribution < -0.4 is 20.0 Å². The summed E-state index contributed by atoms with van der Waals surface area (Å²) < 4.78 is 31.5. The number of quaternary nitrogens is 1. The summed E-state index contributed by atoms with van der Waals surface area (Å²) in [6.45, 7) is 1.89. The lowest BCUT2D eigenvalue weighted by Crippen LogP contribution is -2.44. The van der Waals surface area contributed by atoms with Gasteiger partial charge in [0.1, 0.15) is 0 Å². The number of rotatable bonds is 10. The molecule has 0 radical (unpaired) electrons. The molecule has 36 heavy (non-hydrogen) atoms. The minimum absolute atomic E-state index is 0.176. The molecule has 0 aliphatic carbocycles. The summed E-state index contributed by atoms with van der Waals surface area (Å²) in [5.41, 5.74) is 3.86. The molecule has 0 fully saturated rings. The first-order valence-electron chi connectivity index (χ1n) is 11.9. The highest BCUT2D eigenvalue weighted by Crippen LogP contribution is 2.50. The Morgan fingerprint density at radius 2 is 1.44 bits per heavy atom. The molecule has 2 amide bonds. The zero-order valence-electron chi connectivity index (χ0n) is 22.0. The Kier molecular flexibility index (Phi) is 8.81. The van der Waals surface area contributed by atoms with Gasteiger partial charge in [0.15, 0.2) is 0 Å². The highest BCUT2D eigenvalue weighted by molar-refractivity contribution is 7.99. The Hall–Kier alpha value is -2.47. The molecule has 0 saturated heterocycles. The van der Waals surface area contributed by atoms with Crippen molar-refractivity contribution in [2.24, 2.45) is 0 Å². The van der Waals surface area contributed by atoms with Gasteiger partial charge in [0.05, 0.1) is 44.3 Å². The Bertz CT molecular complexity index is 1140. The van der Waals surface area contributed by atoms with Gasteiger partial charge in [-0.1, -0.05) is 11.8 Å². The Balaban J connectivity index is 1.72. The van der Waals surface area contributed by atoms with Crippen molar-refractivity contribution >= 4 is 50.7 Å². The number of hydrogen-bond donors (Lipinski definition) is 2. The number of benzene rings is 2. The third kappa shape index (κ3) is 7.28. The summed E-state index contributed by atoms with van der Waals surface area (Å²) in [7, 11) is 8.10. The summed E-state index contributed by atoms with van der Waals surface area (Å²) in [4.78, 5) is 21.4. The largest absolute Gasteiger partial charge is 0.378 e. The molecular weight excluding hydrogens is 498 g/mol. The Morgan fingerprint density at radius 3 is 1.92 bits per heavy atom. The summed E-state index contributed by atoms with van der Waals surface area (Å²) in [5.74, 6) is -0.234. The van der Waals surface area contributed by atoms with Crippen LogP contribution in [0, 0.1) is 0 Å². The van der Waals surface area contributed by atoms with E-state index in [9.17, 15) is 13.2 Å². The predicted octanol–water partition coefficient (Wildman–Crippen LogP) is 3.88. The second kappa shape index (κ2) is 11.3. The molecule has 0 aromatic heterocycles. The van der Waals surface area contributed by atoms with Gasteiger partial charge in [-0.15, -0.1) is 0 Å². The molecule has 3 rings (SSSR count). The molecule has 0 saturated carbocycles. The normalized spacial score (nSPS) is 13.1. The van der Waals surface area contributed by atoms with E-state index in [1.807, 2.05) is 76.4 Å². The van der Waals surface area contributed by atoms with Crippen molar-refractivity contribution in [1.82, 2.24) is 5.32 Å². The number of fused-ring (bicyclic) bond motifs is 2. The number of carbonyl (C=O) groups is 1. The summed E-state index contributed by atoms with van der Waals surface area (Å²) in [5, 5.41) is 3.07. The van der Waals surface area contributed by atoms with Gasteiger partial charge in [-0.05, 0) is 36.4 Å². The molecule has 2 aromatic carbocycles. The van der Waals surface area contributed by atoms with Gasteiger partial charge >= 0.3 is 6.03 Å². The van der Waals surface area contributed by atoms with Crippen molar-refractivity contribution in [3.8, 4) is 0 Å². The minimum Gasteiger partial charge on any atom is -0.378 e. The first-order chi connectivity index (χ1) is 16.8. The lowest BCUT2D eigenvalue weighted by atomic mass is 10.2. The van der Waals surface area contributed by atoms with E-state index in [0.717, 1.165) is 45.5 Å². The SMILES string of the molecule is CN(C)c1ccc2c(c1)Sc1cc(N(C)C)ccc1N2C(=O)NCCC[N+](C)(C)CCCS(=O)(=O)O. The van der Waals surface area contributed by atoms with Gasteiger partial charge in [0.2, 0.25) is 0 Å². The number of amides is 2. The molecule has 0 unspecified atom stereocenters. The maximum Gasteiger partial charge on any atom is 0.326 e. The van der Waals surface area contributed by atoms with Crippen LogP contribution in [0.15, 0.2) is 46.2 Å². The summed E-state index contributed by atoms with van der Waals surface area (Å²) in [6.07, 6.45) is 1.13. The molecule has 11 heteroatoms. The molecule has 2 aromatic rings. The maximum absolute atomic E-state index is 13.5. The van der Waals surface area contributed by atoms with Crippen LogP contribution in [0.1, 0.15) is 12.8 Å². The van der Waals surface area contributed by atoms with Crippen LogP contribution in [0.2, 0.25) is 0 Å². The van der Waals surface area contributed by atoms with E-state index in [4.69, 9.17) is 4.55 Å². The summed E-state index contributed by atoms with van der Waals surface area (Å²) >= 11 is 1.67. The molecule has 2 N–H and O–H groups in total. The first kappa shape index (κ1) is 28.1. The Labute approximate surface area is 219 Å². The lowest BCUT2D eigenvalue weighted by Gasteiger charge is -2.33. The van der Waals surface area contributed by atoms with E-state index >= 15 is 0 Å². The maximum atomic E-state index is 13.5. The van der Waals surface area contributed by atoms with Crippen molar-refractivity contribution in [3.63, 3.8) is 0 Å². The van der Waals surface area contributed by atoms with E-state index in [0.29, 0.717) is 24.0 Å². The van der Waals surface area contributed by atoms with Crippen LogP contribution in [0.4, 0.5) is 27.5 Å². The predicted molar refractivity (Wildman–Crippen MR) is 149 cm³/mol. The number of nitrogens with zero attached hydrogens (tertiary/aromatic N) is 4. The Morgan fingerprint density at radius 1 is 0.944 bits per heavy atom. The van der Waals surface area contributed by atoms with E-state index in [1.165, 1.54) is 0 Å². The van der Waals surface area contributed by atoms with Gasteiger partial charge in [0, 0.05) is 68.7 Å². The van der Waals surface area contributed by atoms with Crippen molar-refractivity contribution in [3.05, 3.63) is 36.4 Å². The standard InChI is InChI=1S/C25H37N5O4S2/c1-27(2)19-9-11-21-23(17-19)35-24-18-20(28(3)4)10-12-22(24)29(21)25(31)26-13-7-14-30(5,6)15-8-16-36(32,33)34/h9-12,17-18H,7-8,13-16H2,1-6H3,(H-,26,31,32,33,34)/p+1. The number of anilines is 4. The minimum atomic E-state index is -3.94. The van der Waals surface area contributed by atoms with Crippen molar-refractivity contribution < 1.29 is 22.2 Å². The molecule has 1 aliphatic heterocycles. The van der Waals surface area contributed by atoms with E-state index in [1.54, 1.807) is 16.7 Å². The van der Waals surface area contributed by atoms with Gasteiger partial charge in [-0.2, -0.15) is 8.42 Å².